The van der Waals surface area contributed by atoms with Crippen LogP contribution >= 0.6 is 23.2 Å². The molecule has 0 aromatic heterocycles. The number of carbonyl (C=O) groups is 2. The van der Waals surface area contributed by atoms with Crippen molar-refractivity contribution in [3.63, 3.8) is 0 Å². The molecule has 1 N–H and O–H groups in total. The Morgan fingerprint density at radius 3 is 2.09 bits per heavy atom. The molecule has 0 spiro atoms. The third-order valence-corrected chi connectivity index (χ3v) is 7.38. The van der Waals surface area contributed by atoms with Crippen LogP contribution in [0.5, 0.6) is 0 Å². The molecule has 10 heteroatoms. The number of hydrogen-bond donors (Lipinski definition) is 1. The predicted molar refractivity (Wildman–Crippen MR) is 142 cm³/mol. The predicted octanol–water partition coefficient (Wildman–Crippen LogP) is 4.51. The maximum atomic E-state index is 13.5. The smallest absolute Gasteiger partial charge is 0.244 e. The van der Waals surface area contributed by atoms with Gasteiger partial charge in [0.05, 0.1) is 22.0 Å². The molecule has 0 saturated heterocycles. The van der Waals surface area contributed by atoms with E-state index in [-0.39, 0.29) is 18.4 Å². The lowest BCUT2D eigenvalue weighted by molar-refractivity contribution is -0.139. The van der Waals surface area contributed by atoms with Gasteiger partial charge in [0.25, 0.3) is 0 Å². The summed E-state index contributed by atoms with van der Waals surface area (Å²) in [6.07, 6.45) is 1.86. The van der Waals surface area contributed by atoms with Crippen LogP contribution < -0.4 is 9.62 Å². The highest BCUT2D eigenvalue weighted by molar-refractivity contribution is 7.92. The fourth-order valence-electron chi connectivity index (χ4n) is 3.38. The summed E-state index contributed by atoms with van der Waals surface area (Å²) >= 11 is 12.2. The van der Waals surface area contributed by atoms with Crippen LogP contribution in [0.1, 0.15) is 38.8 Å². The molecule has 1 atom stereocenters. The topological polar surface area (TPSA) is 86.8 Å². The quantitative estimate of drug-likeness (QED) is 0.453. The number of sulfonamides is 1. The first kappa shape index (κ1) is 28.9. The van der Waals surface area contributed by atoms with E-state index >= 15 is 0 Å². The van der Waals surface area contributed by atoms with Gasteiger partial charge in [-0.05, 0) is 54.7 Å². The van der Waals surface area contributed by atoms with Crippen LogP contribution in [0.15, 0.2) is 42.5 Å². The zero-order valence-corrected chi connectivity index (χ0v) is 23.0. The van der Waals surface area contributed by atoms with E-state index in [1.807, 2.05) is 32.9 Å². The first-order chi connectivity index (χ1) is 16.3. The number of rotatable bonds is 11. The molecule has 0 aliphatic rings. The van der Waals surface area contributed by atoms with Gasteiger partial charge in [-0.25, -0.2) is 8.42 Å². The number of anilines is 1. The Hall–Kier alpha value is -2.29. The molecule has 7 nitrogen and oxygen atoms in total. The van der Waals surface area contributed by atoms with Crippen molar-refractivity contribution in [2.24, 2.45) is 5.92 Å². The van der Waals surface area contributed by atoms with E-state index in [2.05, 4.69) is 5.32 Å². The van der Waals surface area contributed by atoms with Gasteiger partial charge in [-0.3, -0.25) is 13.9 Å². The molecule has 2 amide bonds. The molecule has 2 rings (SSSR count). The van der Waals surface area contributed by atoms with Crippen molar-refractivity contribution >= 4 is 50.7 Å². The molecule has 0 bridgehead atoms. The second kappa shape index (κ2) is 12.6. The monoisotopic (exact) mass is 541 g/mol. The number of benzene rings is 2. The van der Waals surface area contributed by atoms with Crippen LogP contribution in [0.4, 0.5) is 5.69 Å². The number of carbonyl (C=O) groups excluding carboxylic acids is 2. The van der Waals surface area contributed by atoms with Crippen LogP contribution in [-0.4, -0.2) is 50.5 Å². The summed E-state index contributed by atoms with van der Waals surface area (Å²) in [7, 11) is -3.77. The highest BCUT2D eigenvalue weighted by Crippen LogP contribution is 2.24. The largest absolute Gasteiger partial charge is 0.354 e. The van der Waals surface area contributed by atoms with Crippen LogP contribution in [0.2, 0.25) is 10.0 Å². The van der Waals surface area contributed by atoms with E-state index in [0.29, 0.717) is 27.8 Å². The van der Waals surface area contributed by atoms with Crippen molar-refractivity contribution in [2.75, 3.05) is 23.7 Å². The van der Waals surface area contributed by atoms with Gasteiger partial charge in [-0.15, -0.1) is 0 Å². The molecule has 0 aliphatic carbocycles. The first-order valence-electron chi connectivity index (χ1n) is 11.4. The molecule has 2 aromatic carbocycles. The Morgan fingerprint density at radius 2 is 1.57 bits per heavy atom. The third kappa shape index (κ3) is 8.40. The zero-order valence-electron chi connectivity index (χ0n) is 20.7. The Bertz CT molecular complexity index is 1140. The zero-order chi connectivity index (χ0) is 26.3. The highest BCUT2D eigenvalue weighted by atomic mass is 35.5. The fourth-order valence-corrected chi connectivity index (χ4v) is 4.55. The molecule has 0 fully saturated rings. The van der Waals surface area contributed by atoms with E-state index in [4.69, 9.17) is 23.2 Å². The second-order valence-corrected chi connectivity index (χ2v) is 11.6. The SMILES string of the molecule is CCc1ccc(N(CC(=O)N(Cc2ccc(Cl)c(Cl)c2)C(C)C(=O)NCC(C)C)S(C)(=O)=O)cc1. The summed E-state index contributed by atoms with van der Waals surface area (Å²) in [5.74, 6) is -0.615. The van der Waals surface area contributed by atoms with Crippen molar-refractivity contribution in [1.82, 2.24) is 10.2 Å². The maximum absolute atomic E-state index is 13.5. The third-order valence-electron chi connectivity index (χ3n) is 5.50. The van der Waals surface area contributed by atoms with Crippen LogP contribution in [-0.2, 0) is 32.6 Å². The average Bonchev–Trinajstić information content (AvgIpc) is 2.80. The molecule has 35 heavy (non-hydrogen) atoms. The Balaban J connectivity index is 2.38. The van der Waals surface area contributed by atoms with Gasteiger partial charge in [0.2, 0.25) is 21.8 Å². The highest BCUT2D eigenvalue weighted by Gasteiger charge is 2.30. The van der Waals surface area contributed by atoms with Crippen LogP contribution in [0.25, 0.3) is 0 Å². The lowest BCUT2D eigenvalue weighted by atomic mass is 10.1. The summed E-state index contributed by atoms with van der Waals surface area (Å²) < 4.78 is 26.3. The maximum Gasteiger partial charge on any atom is 0.244 e. The lowest BCUT2D eigenvalue weighted by Crippen LogP contribution is -2.51. The van der Waals surface area contributed by atoms with Crippen molar-refractivity contribution in [1.29, 1.82) is 0 Å². The molecule has 0 heterocycles. The summed E-state index contributed by atoms with van der Waals surface area (Å²) in [6.45, 7) is 7.61. The average molecular weight is 543 g/mol. The van der Waals surface area contributed by atoms with E-state index in [9.17, 15) is 18.0 Å². The minimum atomic E-state index is -3.77. The minimum Gasteiger partial charge on any atom is -0.354 e. The second-order valence-electron chi connectivity index (χ2n) is 8.87. The molecule has 0 aliphatic heterocycles. The molecule has 0 radical (unpaired) electrons. The number of nitrogens with zero attached hydrogens (tertiary/aromatic N) is 2. The molecular weight excluding hydrogens is 509 g/mol. The first-order valence-corrected chi connectivity index (χ1v) is 14.0. The number of aryl methyl sites for hydroxylation is 1. The minimum absolute atomic E-state index is 0.0539. The van der Waals surface area contributed by atoms with Crippen LogP contribution in [0, 0.1) is 5.92 Å². The summed E-state index contributed by atoms with van der Waals surface area (Å²) in [4.78, 5) is 27.7. The standard InChI is InChI=1S/C25H33Cl2N3O4S/c1-6-19-7-10-21(11-8-19)30(35(5,33)34)16-24(31)29(18(4)25(32)28-14-17(2)3)15-20-9-12-22(26)23(27)13-20/h7-13,17-18H,6,14-16H2,1-5H3,(H,28,32). The van der Waals surface area contributed by atoms with Gasteiger partial charge in [-0.1, -0.05) is 62.2 Å². The summed E-state index contributed by atoms with van der Waals surface area (Å²) in [5, 5.41) is 3.53. The van der Waals surface area contributed by atoms with Gasteiger partial charge in [0.15, 0.2) is 0 Å². The van der Waals surface area contributed by atoms with Crippen molar-refractivity contribution < 1.29 is 18.0 Å². The number of hydrogen-bond acceptors (Lipinski definition) is 4. The van der Waals surface area contributed by atoms with E-state index in [1.165, 1.54) is 4.90 Å². The van der Waals surface area contributed by atoms with Crippen molar-refractivity contribution in [3.05, 3.63) is 63.6 Å². The lowest BCUT2D eigenvalue weighted by Gasteiger charge is -2.31. The van der Waals surface area contributed by atoms with Gasteiger partial charge in [0.1, 0.15) is 12.6 Å². The molecule has 1 unspecified atom stereocenters. The van der Waals surface area contributed by atoms with Gasteiger partial charge in [-0.2, -0.15) is 0 Å². The number of halogens is 2. The number of amides is 2. The van der Waals surface area contributed by atoms with E-state index in [1.54, 1.807) is 37.3 Å². The summed E-state index contributed by atoms with van der Waals surface area (Å²) in [5.41, 5.74) is 2.09. The van der Waals surface area contributed by atoms with Crippen LogP contribution in [0.3, 0.4) is 0 Å². The molecule has 192 valence electrons. The Kier molecular flexibility index (Phi) is 10.4. The number of nitrogens with one attached hydrogen (secondary N) is 1. The molecule has 2 aromatic rings. The normalized spacial score (nSPS) is 12.3. The van der Waals surface area contributed by atoms with Gasteiger partial charge >= 0.3 is 0 Å². The molecule has 0 saturated carbocycles. The Morgan fingerprint density at radius 1 is 0.971 bits per heavy atom. The van der Waals surface area contributed by atoms with Gasteiger partial charge < -0.3 is 10.2 Å². The Labute approximate surface area is 218 Å². The van der Waals surface area contributed by atoms with Crippen molar-refractivity contribution in [2.45, 2.75) is 46.7 Å². The molecular formula is C25H33Cl2N3O4S. The van der Waals surface area contributed by atoms with E-state index in [0.717, 1.165) is 22.5 Å². The van der Waals surface area contributed by atoms with Crippen molar-refractivity contribution in [3.8, 4) is 0 Å². The fraction of sp³-hybridized carbons (Fsp3) is 0.440. The van der Waals surface area contributed by atoms with E-state index < -0.39 is 28.5 Å². The summed E-state index contributed by atoms with van der Waals surface area (Å²) in [6, 6.07) is 11.1. The van der Waals surface area contributed by atoms with Gasteiger partial charge in [0, 0.05) is 13.1 Å².